The van der Waals surface area contributed by atoms with Gasteiger partial charge < -0.3 is 10.6 Å². The Morgan fingerprint density at radius 2 is 2.30 bits per heavy atom. The first-order chi connectivity index (χ1) is 9.53. The van der Waals surface area contributed by atoms with Crippen molar-refractivity contribution in [3.63, 3.8) is 0 Å². The van der Waals surface area contributed by atoms with Gasteiger partial charge in [-0.15, -0.1) is 5.10 Å². The van der Waals surface area contributed by atoms with Crippen molar-refractivity contribution in [2.45, 2.75) is 51.6 Å². The van der Waals surface area contributed by atoms with Crippen LogP contribution in [0.5, 0.6) is 0 Å². The summed E-state index contributed by atoms with van der Waals surface area (Å²) >= 11 is 0. The minimum atomic E-state index is -0.0915. The van der Waals surface area contributed by atoms with Crippen molar-refractivity contribution >= 4 is 5.91 Å². The zero-order valence-electron chi connectivity index (χ0n) is 12.2. The van der Waals surface area contributed by atoms with Crippen LogP contribution in [-0.2, 0) is 0 Å². The van der Waals surface area contributed by atoms with Crippen LogP contribution in [0.25, 0.3) is 0 Å². The Bertz CT molecular complexity index is 492. The second-order valence-corrected chi connectivity index (χ2v) is 6.83. The highest BCUT2D eigenvalue weighted by atomic mass is 16.2. The lowest BCUT2D eigenvalue weighted by atomic mass is 9.75. The maximum absolute atomic E-state index is 12.2. The summed E-state index contributed by atoms with van der Waals surface area (Å²) in [5.74, 6) is -0.0915. The summed E-state index contributed by atoms with van der Waals surface area (Å²) in [4.78, 5) is 12.2. The van der Waals surface area contributed by atoms with Gasteiger partial charge in [0.2, 0.25) is 0 Å². The highest BCUT2D eigenvalue weighted by Gasteiger charge is 2.29. The van der Waals surface area contributed by atoms with Gasteiger partial charge in [-0.25, -0.2) is 4.68 Å². The summed E-state index contributed by atoms with van der Waals surface area (Å²) in [6, 6.07) is 0.611. The number of rotatable bonds is 3. The van der Waals surface area contributed by atoms with Crippen LogP contribution >= 0.6 is 0 Å². The van der Waals surface area contributed by atoms with E-state index in [2.05, 4.69) is 34.8 Å². The molecule has 1 saturated carbocycles. The summed E-state index contributed by atoms with van der Waals surface area (Å²) in [7, 11) is 0. The van der Waals surface area contributed by atoms with Crippen molar-refractivity contribution < 1.29 is 4.79 Å². The second-order valence-electron chi connectivity index (χ2n) is 6.83. The predicted octanol–water partition coefficient (Wildman–Crippen LogP) is 1.12. The lowest BCUT2D eigenvalue weighted by Crippen LogP contribution is -2.43. The molecule has 0 spiro atoms. The maximum atomic E-state index is 12.2. The molecule has 1 aromatic rings. The molecule has 1 aliphatic heterocycles. The first-order valence-electron chi connectivity index (χ1n) is 7.47. The summed E-state index contributed by atoms with van der Waals surface area (Å²) in [6.07, 6.45) is 6.28. The van der Waals surface area contributed by atoms with Crippen LogP contribution in [0.3, 0.4) is 0 Å². The molecule has 2 fully saturated rings. The molecule has 0 bridgehead atoms. The van der Waals surface area contributed by atoms with E-state index in [0.717, 1.165) is 25.9 Å². The SMILES string of the molecule is CC1(C)CCCC(NC(=O)c2cn(C3CNC3)nn2)C1. The number of aromatic nitrogens is 3. The number of carbonyl (C=O) groups excluding carboxylic acids is 1. The van der Waals surface area contributed by atoms with Crippen LogP contribution in [0.15, 0.2) is 6.20 Å². The van der Waals surface area contributed by atoms with E-state index in [0.29, 0.717) is 17.2 Å². The fraction of sp³-hybridized carbons (Fsp3) is 0.786. The monoisotopic (exact) mass is 277 g/mol. The summed E-state index contributed by atoms with van der Waals surface area (Å²) in [5, 5.41) is 14.3. The van der Waals surface area contributed by atoms with Crippen molar-refractivity contribution in [2.75, 3.05) is 13.1 Å². The molecule has 6 nitrogen and oxygen atoms in total. The molecule has 20 heavy (non-hydrogen) atoms. The van der Waals surface area contributed by atoms with Gasteiger partial charge in [-0.05, 0) is 24.7 Å². The summed E-state index contributed by atoms with van der Waals surface area (Å²) in [5.41, 5.74) is 0.756. The minimum absolute atomic E-state index is 0.0915. The zero-order chi connectivity index (χ0) is 14.2. The number of nitrogens with zero attached hydrogens (tertiary/aromatic N) is 3. The highest BCUT2D eigenvalue weighted by Crippen LogP contribution is 2.35. The average molecular weight is 277 g/mol. The highest BCUT2D eigenvalue weighted by molar-refractivity contribution is 5.92. The molecule has 1 atom stereocenters. The maximum Gasteiger partial charge on any atom is 0.273 e. The Hall–Kier alpha value is -1.43. The zero-order valence-corrected chi connectivity index (χ0v) is 12.2. The Labute approximate surface area is 119 Å². The molecule has 1 aliphatic carbocycles. The predicted molar refractivity (Wildman–Crippen MR) is 75.4 cm³/mol. The van der Waals surface area contributed by atoms with Gasteiger partial charge in [0.1, 0.15) is 0 Å². The largest absolute Gasteiger partial charge is 0.348 e. The van der Waals surface area contributed by atoms with Gasteiger partial charge in [0.15, 0.2) is 5.69 Å². The fourth-order valence-electron chi connectivity index (χ4n) is 3.10. The normalized spacial score (nSPS) is 26.0. The molecule has 1 saturated heterocycles. The topological polar surface area (TPSA) is 71.8 Å². The number of carbonyl (C=O) groups is 1. The van der Waals surface area contributed by atoms with Gasteiger partial charge in [0.05, 0.1) is 12.2 Å². The van der Waals surface area contributed by atoms with Crippen molar-refractivity contribution in [1.29, 1.82) is 0 Å². The van der Waals surface area contributed by atoms with Crippen LogP contribution in [-0.4, -0.2) is 40.0 Å². The number of hydrogen-bond acceptors (Lipinski definition) is 4. The third-order valence-corrected chi connectivity index (χ3v) is 4.42. The van der Waals surface area contributed by atoms with Crippen LogP contribution in [0, 0.1) is 5.41 Å². The molecular formula is C14H23N5O. The average Bonchev–Trinajstić information content (AvgIpc) is 2.74. The molecule has 2 heterocycles. The molecule has 6 heteroatoms. The van der Waals surface area contributed by atoms with Crippen molar-refractivity contribution in [3.8, 4) is 0 Å². The van der Waals surface area contributed by atoms with E-state index in [1.165, 1.54) is 12.8 Å². The van der Waals surface area contributed by atoms with Gasteiger partial charge in [-0.2, -0.15) is 0 Å². The molecule has 0 aromatic carbocycles. The Morgan fingerprint density at radius 3 is 2.95 bits per heavy atom. The molecule has 2 N–H and O–H groups in total. The first kappa shape index (κ1) is 13.5. The third kappa shape index (κ3) is 2.85. The molecule has 1 unspecified atom stereocenters. The molecular weight excluding hydrogens is 254 g/mol. The number of hydrogen-bond donors (Lipinski definition) is 2. The molecule has 1 aromatic heterocycles. The quantitative estimate of drug-likeness (QED) is 0.868. The van der Waals surface area contributed by atoms with Crippen LogP contribution in [0.4, 0.5) is 0 Å². The lowest BCUT2D eigenvalue weighted by Gasteiger charge is -2.35. The van der Waals surface area contributed by atoms with Crippen molar-refractivity contribution in [3.05, 3.63) is 11.9 Å². The second kappa shape index (κ2) is 5.16. The van der Waals surface area contributed by atoms with E-state index in [-0.39, 0.29) is 11.9 Å². The van der Waals surface area contributed by atoms with E-state index in [9.17, 15) is 4.79 Å². The lowest BCUT2D eigenvalue weighted by molar-refractivity contribution is 0.0897. The van der Waals surface area contributed by atoms with E-state index in [1.54, 1.807) is 10.9 Å². The van der Waals surface area contributed by atoms with Gasteiger partial charge in [-0.3, -0.25) is 4.79 Å². The molecule has 1 amide bonds. The molecule has 2 aliphatic rings. The summed E-state index contributed by atoms with van der Waals surface area (Å²) in [6.45, 7) is 6.35. The van der Waals surface area contributed by atoms with Crippen LogP contribution in [0.1, 0.15) is 56.1 Å². The van der Waals surface area contributed by atoms with Crippen molar-refractivity contribution in [2.24, 2.45) is 5.41 Å². The van der Waals surface area contributed by atoms with E-state index in [4.69, 9.17) is 0 Å². The Balaban J connectivity index is 1.59. The van der Waals surface area contributed by atoms with Crippen LogP contribution < -0.4 is 10.6 Å². The third-order valence-electron chi connectivity index (χ3n) is 4.42. The number of amides is 1. The first-order valence-corrected chi connectivity index (χ1v) is 7.47. The van der Waals surface area contributed by atoms with E-state index in [1.807, 2.05) is 0 Å². The van der Waals surface area contributed by atoms with E-state index >= 15 is 0 Å². The molecule has 3 rings (SSSR count). The minimum Gasteiger partial charge on any atom is -0.348 e. The van der Waals surface area contributed by atoms with Crippen molar-refractivity contribution in [1.82, 2.24) is 25.6 Å². The summed E-state index contributed by atoms with van der Waals surface area (Å²) < 4.78 is 1.79. The van der Waals surface area contributed by atoms with Gasteiger partial charge in [0.25, 0.3) is 5.91 Å². The Morgan fingerprint density at radius 1 is 1.50 bits per heavy atom. The molecule has 0 radical (unpaired) electrons. The number of nitrogens with one attached hydrogen (secondary N) is 2. The van der Waals surface area contributed by atoms with Crippen LogP contribution in [0.2, 0.25) is 0 Å². The van der Waals surface area contributed by atoms with Gasteiger partial charge >= 0.3 is 0 Å². The smallest absolute Gasteiger partial charge is 0.273 e. The van der Waals surface area contributed by atoms with E-state index < -0.39 is 0 Å². The van der Waals surface area contributed by atoms with Gasteiger partial charge in [0, 0.05) is 19.1 Å². The Kier molecular flexibility index (Phi) is 3.50. The standard InChI is InChI=1S/C14H23N5O/c1-14(2)5-3-4-10(6-14)16-13(20)12-9-19(18-17-12)11-7-15-8-11/h9-11,15H,3-8H2,1-2H3,(H,16,20). The fourth-order valence-corrected chi connectivity index (χ4v) is 3.10. The van der Waals surface area contributed by atoms with Gasteiger partial charge in [-0.1, -0.05) is 25.5 Å². The molecule has 110 valence electrons.